The molecule has 4 heterocycles. The summed E-state index contributed by atoms with van der Waals surface area (Å²) in [5.74, 6) is -0.580. The number of para-hydroxylation sites is 1. The number of carbonyl (C=O) groups excluding carboxylic acids is 1. The second kappa shape index (κ2) is 8.86. The van der Waals surface area contributed by atoms with Crippen LogP contribution in [-0.4, -0.2) is 52.3 Å². The van der Waals surface area contributed by atoms with Crippen molar-refractivity contribution >= 4 is 39.9 Å². The van der Waals surface area contributed by atoms with Gasteiger partial charge in [0.1, 0.15) is 17.1 Å². The number of H-pyrrole nitrogens is 1. The lowest BCUT2D eigenvalue weighted by molar-refractivity contribution is -0.153. The maximum atomic E-state index is 13.5. The van der Waals surface area contributed by atoms with Crippen molar-refractivity contribution in [1.29, 1.82) is 0 Å². The number of aromatic nitrogens is 4. The number of pyridine rings is 1. The summed E-state index contributed by atoms with van der Waals surface area (Å²) in [5, 5.41) is 5.51. The van der Waals surface area contributed by atoms with Crippen LogP contribution in [-0.2, 0) is 6.42 Å². The smallest absolute Gasteiger partial charge is 0.409 e. The maximum absolute atomic E-state index is 13.5. The Morgan fingerprint density at radius 2 is 1.97 bits per heavy atom. The lowest BCUT2D eigenvalue weighted by Gasteiger charge is -2.26. The molecule has 1 amide bonds. The van der Waals surface area contributed by atoms with Gasteiger partial charge in [0, 0.05) is 23.9 Å². The number of amides is 1. The number of anilines is 2. The third-order valence-electron chi connectivity index (χ3n) is 5.75. The Hall–Kier alpha value is -4.06. The first-order chi connectivity index (χ1) is 17.2. The number of methoxy groups -OCH3 is 2. The minimum atomic E-state index is -4.62. The molecule has 0 unspecified atom stereocenters. The molecule has 1 aromatic carbocycles. The summed E-state index contributed by atoms with van der Waals surface area (Å²) in [6, 6.07) is 4.64. The van der Waals surface area contributed by atoms with E-state index in [0.29, 0.717) is 38.8 Å². The summed E-state index contributed by atoms with van der Waals surface area (Å²) >= 11 is 6.26. The Morgan fingerprint density at radius 1 is 1.17 bits per heavy atom. The first-order valence-corrected chi connectivity index (χ1v) is 11.0. The second-order valence-corrected chi connectivity index (χ2v) is 8.30. The molecule has 4 aromatic rings. The van der Waals surface area contributed by atoms with E-state index < -0.39 is 24.5 Å². The zero-order valence-corrected chi connectivity index (χ0v) is 19.6. The van der Waals surface area contributed by atoms with Crippen molar-refractivity contribution in [1.82, 2.24) is 25.3 Å². The highest BCUT2D eigenvalue weighted by molar-refractivity contribution is 6.32. The average Bonchev–Trinajstić information content (AvgIpc) is 3.21. The van der Waals surface area contributed by atoms with Gasteiger partial charge in [-0.2, -0.15) is 18.2 Å². The van der Waals surface area contributed by atoms with E-state index in [1.807, 2.05) is 0 Å². The number of nitrogens with zero attached hydrogens (tertiary/aromatic N) is 3. The van der Waals surface area contributed by atoms with E-state index in [2.05, 4.69) is 30.6 Å². The average molecular weight is 519 g/mol. The van der Waals surface area contributed by atoms with Crippen molar-refractivity contribution in [3.05, 3.63) is 52.9 Å². The van der Waals surface area contributed by atoms with Crippen LogP contribution in [0, 0.1) is 0 Å². The Labute approximate surface area is 207 Å². The number of hydrogen-bond acceptors (Lipinski definition) is 7. The number of halogens is 4. The van der Waals surface area contributed by atoms with Gasteiger partial charge in [-0.3, -0.25) is 9.78 Å². The van der Waals surface area contributed by atoms with Crippen LogP contribution in [0.4, 0.5) is 24.5 Å². The summed E-state index contributed by atoms with van der Waals surface area (Å²) < 4.78 is 51.1. The Kier molecular flexibility index (Phi) is 5.83. The summed E-state index contributed by atoms with van der Waals surface area (Å²) in [6.45, 7) is 0. The molecule has 1 aliphatic heterocycles. The summed E-state index contributed by atoms with van der Waals surface area (Å²) in [4.78, 5) is 28.7. The fourth-order valence-corrected chi connectivity index (χ4v) is 4.39. The van der Waals surface area contributed by atoms with E-state index >= 15 is 0 Å². The number of nitrogens with one attached hydrogen (secondary N) is 3. The van der Waals surface area contributed by atoms with E-state index in [0.717, 1.165) is 0 Å². The molecule has 9 nitrogen and oxygen atoms in total. The predicted molar refractivity (Wildman–Crippen MR) is 126 cm³/mol. The van der Waals surface area contributed by atoms with Gasteiger partial charge in [-0.25, -0.2) is 4.98 Å². The number of aromatic amines is 1. The molecule has 0 spiro atoms. The normalized spacial score (nSPS) is 15.4. The standard InChI is InChI=1S/C23H18ClF3N6O3/c1-35-20-11(24)4-3-5-12(20)30-19-16-13(8-15(23(25,26)27)32-21(16)34)31-18(19)10-6-7-28-14-9-29-22(36-2)33-17(10)14/h3-7,9,15,30-31H,8H2,1-2H3,(H,32,34)/t15-/m0/s1. The van der Waals surface area contributed by atoms with Crippen LogP contribution in [0.25, 0.3) is 22.3 Å². The number of alkyl halides is 3. The quantitative estimate of drug-likeness (QED) is 0.352. The molecule has 0 radical (unpaired) electrons. The van der Waals surface area contributed by atoms with Gasteiger partial charge in [-0.15, -0.1) is 0 Å². The van der Waals surface area contributed by atoms with Gasteiger partial charge >= 0.3 is 12.2 Å². The van der Waals surface area contributed by atoms with Gasteiger partial charge in [-0.05, 0) is 18.2 Å². The molecule has 0 bridgehead atoms. The van der Waals surface area contributed by atoms with Gasteiger partial charge in [0.2, 0.25) is 0 Å². The van der Waals surface area contributed by atoms with Gasteiger partial charge in [0.05, 0.1) is 48.1 Å². The minimum absolute atomic E-state index is 0.0403. The SMILES string of the molecule is COc1ncc2nccc(-c3[nH]c4c(c3Nc3cccc(Cl)c3OC)C(=O)N[C@H](C(F)(F)F)C4)c2n1. The first kappa shape index (κ1) is 23.7. The van der Waals surface area contributed by atoms with Gasteiger partial charge in [0.25, 0.3) is 5.91 Å². The van der Waals surface area contributed by atoms with Crippen LogP contribution in [0.3, 0.4) is 0 Å². The van der Waals surface area contributed by atoms with E-state index in [1.54, 1.807) is 24.3 Å². The fraction of sp³-hybridized carbons (Fsp3) is 0.217. The van der Waals surface area contributed by atoms with Crippen molar-refractivity contribution < 1.29 is 27.4 Å². The first-order valence-electron chi connectivity index (χ1n) is 10.6. The number of carbonyl (C=O) groups is 1. The van der Waals surface area contributed by atoms with E-state index in [4.69, 9.17) is 21.1 Å². The fourth-order valence-electron chi connectivity index (χ4n) is 4.14. The van der Waals surface area contributed by atoms with Crippen molar-refractivity contribution in [2.45, 2.75) is 18.6 Å². The molecular formula is C23H18ClF3N6O3. The van der Waals surface area contributed by atoms with Gasteiger partial charge < -0.3 is 25.1 Å². The third kappa shape index (κ3) is 4.02. The highest BCUT2D eigenvalue weighted by Gasteiger charge is 2.45. The van der Waals surface area contributed by atoms with Crippen LogP contribution >= 0.6 is 11.6 Å². The van der Waals surface area contributed by atoms with E-state index in [-0.39, 0.29) is 23.0 Å². The number of fused-ring (bicyclic) bond motifs is 2. The van der Waals surface area contributed by atoms with Crippen molar-refractivity contribution in [3.8, 4) is 23.0 Å². The maximum Gasteiger partial charge on any atom is 0.409 e. The number of ether oxygens (including phenoxy) is 2. The Bertz CT molecular complexity index is 1490. The van der Waals surface area contributed by atoms with Crippen molar-refractivity contribution in [2.24, 2.45) is 0 Å². The predicted octanol–water partition coefficient (Wildman–Crippen LogP) is 4.65. The van der Waals surface area contributed by atoms with Crippen LogP contribution in [0.15, 0.2) is 36.7 Å². The van der Waals surface area contributed by atoms with Crippen molar-refractivity contribution in [3.63, 3.8) is 0 Å². The molecule has 3 N–H and O–H groups in total. The molecule has 13 heteroatoms. The molecule has 0 saturated heterocycles. The summed E-state index contributed by atoms with van der Waals surface area (Å²) in [5.41, 5.74) is 2.38. The zero-order chi connectivity index (χ0) is 25.6. The second-order valence-electron chi connectivity index (χ2n) is 7.90. The Balaban J connectivity index is 1.75. The zero-order valence-electron chi connectivity index (χ0n) is 18.8. The largest absolute Gasteiger partial charge is 0.493 e. The molecule has 0 saturated carbocycles. The summed E-state index contributed by atoms with van der Waals surface area (Å²) in [7, 11) is 2.84. The van der Waals surface area contributed by atoms with E-state index in [9.17, 15) is 18.0 Å². The minimum Gasteiger partial charge on any atom is -0.493 e. The van der Waals surface area contributed by atoms with Gasteiger partial charge in [0.15, 0.2) is 5.75 Å². The van der Waals surface area contributed by atoms with Gasteiger partial charge in [-0.1, -0.05) is 17.7 Å². The monoisotopic (exact) mass is 518 g/mol. The summed E-state index contributed by atoms with van der Waals surface area (Å²) in [6.07, 6.45) is -2.12. The molecule has 5 rings (SSSR count). The Morgan fingerprint density at radius 3 is 2.69 bits per heavy atom. The van der Waals surface area contributed by atoms with E-state index in [1.165, 1.54) is 26.6 Å². The van der Waals surface area contributed by atoms with Crippen LogP contribution < -0.4 is 20.1 Å². The molecule has 1 atom stereocenters. The highest BCUT2D eigenvalue weighted by Crippen LogP contribution is 2.43. The molecule has 0 aliphatic carbocycles. The van der Waals surface area contributed by atoms with Crippen molar-refractivity contribution in [2.75, 3.05) is 19.5 Å². The third-order valence-corrected chi connectivity index (χ3v) is 6.05. The molecule has 3 aromatic heterocycles. The number of rotatable bonds is 5. The van der Waals surface area contributed by atoms with Crippen LogP contribution in [0.1, 0.15) is 16.1 Å². The number of hydrogen-bond donors (Lipinski definition) is 3. The number of benzene rings is 1. The molecule has 36 heavy (non-hydrogen) atoms. The van der Waals surface area contributed by atoms with Crippen LogP contribution in [0.2, 0.25) is 5.02 Å². The lowest BCUT2D eigenvalue weighted by atomic mass is 9.99. The molecular weight excluding hydrogens is 501 g/mol. The van der Waals surface area contributed by atoms with Crippen LogP contribution in [0.5, 0.6) is 11.8 Å². The highest BCUT2D eigenvalue weighted by atomic mass is 35.5. The molecule has 1 aliphatic rings. The molecule has 186 valence electrons. The topological polar surface area (TPSA) is 114 Å². The molecule has 0 fully saturated rings. The lowest BCUT2D eigenvalue weighted by Crippen LogP contribution is -2.50.